The smallest absolute Gasteiger partial charge is 0.335 e. The molecule has 0 radical (unpaired) electrons. The molecule has 1 heterocycles. The number of rotatable bonds is 5. The first-order valence-corrected chi connectivity index (χ1v) is 8.38. The number of carbonyl (C=O) groups excluding carboxylic acids is 1. The molecule has 0 aliphatic heterocycles. The summed E-state index contributed by atoms with van der Waals surface area (Å²) in [5, 5.41) is 15.0. The Morgan fingerprint density at radius 3 is 2.41 bits per heavy atom. The maximum Gasteiger partial charge on any atom is 0.335 e. The molecule has 0 saturated heterocycles. The largest absolute Gasteiger partial charge is 0.478 e. The first kappa shape index (κ1) is 18.6. The number of amides is 1. The molecule has 0 aliphatic carbocycles. The zero-order valence-corrected chi connectivity index (χ0v) is 15.1. The SMILES string of the molecule is O=C(O)c1cccc(Nc2nccc(NC(=O)c3c(Cl)cccc3Cl)n2)c1. The average Bonchev–Trinajstić information content (AvgIpc) is 2.62. The van der Waals surface area contributed by atoms with Gasteiger partial charge in [0.2, 0.25) is 5.95 Å². The summed E-state index contributed by atoms with van der Waals surface area (Å²) in [5.41, 5.74) is 0.758. The molecule has 9 heteroatoms. The molecule has 1 amide bonds. The molecule has 0 aliphatic rings. The van der Waals surface area contributed by atoms with Crippen LogP contribution >= 0.6 is 23.2 Å². The third-order valence-electron chi connectivity index (χ3n) is 3.45. The summed E-state index contributed by atoms with van der Waals surface area (Å²) in [4.78, 5) is 31.7. The number of carbonyl (C=O) groups is 2. The van der Waals surface area contributed by atoms with E-state index in [-0.39, 0.29) is 32.9 Å². The predicted octanol–water partition coefficient (Wildman–Crippen LogP) is 4.48. The maximum atomic E-state index is 12.4. The number of halogens is 2. The molecule has 27 heavy (non-hydrogen) atoms. The van der Waals surface area contributed by atoms with Crippen LogP contribution in [0.5, 0.6) is 0 Å². The van der Waals surface area contributed by atoms with Crippen molar-refractivity contribution in [3.8, 4) is 0 Å². The van der Waals surface area contributed by atoms with Gasteiger partial charge < -0.3 is 15.7 Å². The van der Waals surface area contributed by atoms with Crippen molar-refractivity contribution in [2.24, 2.45) is 0 Å². The summed E-state index contributed by atoms with van der Waals surface area (Å²) < 4.78 is 0. The van der Waals surface area contributed by atoms with Crippen LogP contribution in [0, 0.1) is 0 Å². The number of anilines is 3. The molecule has 0 unspecified atom stereocenters. The van der Waals surface area contributed by atoms with Gasteiger partial charge in [0.15, 0.2) is 0 Å². The summed E-state index contributed by atoms with van der Waals surface area (Å²) in [6.45, 7) is 0. The highest BCUT2D eigenvalue weighted by atomic mass is 35.5. The van der Waals surface area contributed by atoms with E-state index in [1.54, 1.807) is 30.3 Å². The Morgan fingerprint density at radius 2 is 1.70 bits per heavy atom. The highest BCUT2D eigenvalue weighted by molar-refractivity contribution is 6.40. The molecule has 0 spiro atoms. The number of benzene rings is 2. The molecular formula is C18H12Cl2N4O3. The molecule has 0 fully saturated rings. The van der Waals surface area contributed by atoms with Gasteiger partial charge >= 0.3 is 5.97 Å². The first-order chi connectivity index (χ1) is 12.9. The fourth-order valence-corrected chi connectivity index (χ4v) is 2.81. The Kier molecular flexibility index (Phi) is 5.54. The van der Waals surface area contributed by atoms with Gasteiger partial charge in [0.1, 0.15) is 5.82 Å². The molecule has 3 aromatic rings. The van der Waals surface area contributed by atoms with Crippen molar-refractivity contribution < 1.29 is 14.7 Å². The third-order valence-corrected chi connectivity index (χ3v) is 4.08. The molecule has 0 atom stereocenters. The molecule has 3 N–H and O–H groups in total. The van der Waals surface area contributed by atoms with E-state index in [9.17, 15) is 9.59 Å². The van der Waals surface area contributed by atoms with Crippen LogP contribution in [0.2, 0.25) is 10.0 Å². The fourth-order valence-electron chi connectivity index (χ4n) is 2.24. The van der Waals surface area contributed by atoms with E-state index < -0.39 is 11.9 Å². The Morgan fingerprint density at radius 1 is 1.00 bits per heavy atom. The number of nitrogens with zero attached hydrogens (tertiary/aromatic N) is 2. The van der Waals surface area contributed by atoms with Crippen LogP contribution in [0.3, 0.4) is 0 Å². The van der Waals surface area contributed by atoms with E-state index in [4.69, 9.17) is 28.3 Å². The van der Waals surface area contributed by atoms with E-state index in [2.05, 4.69) is 20.6 Å². The van der Waals surface area contributed by atoms with Crippen LogP contribution in [0.1, 0.15) is 20.7 Å². The third kappa shape index (κ3) is 4.52. The number of aromatic carboxylic acids is 1. The zero-order chi connectivity index (χ0) is 19.4. The van der Waals surface area contributed by atoms with Crippen LogP contribution in [0.4, 0.5) is 17.5 Å². The highest BCUT2D eigenvalue weighted by Crippen LogP contribution is 2.25. The Labute approximate surface area is 164 Å². The highest BCUT2D eigenvalue weighted by Gasteiger charge is 2.15. The van der Waals surface area contributed by atoms with E-state index in [0.717, 1.165) is 0 Å². The summed E-state index contributed by atoms with van der Waals surface area (Å²) in [5.74, 6) is -1.15. The van der Waals surface area contributed by atoms with Gasteiger partial charge in [-0.15, -0.1) is 0 Å². The molecule has 136 valence electrons. The van der Waals surface area contributed by atoms with Crippen molar-refractivity contribution in [1.29, 1.82) is 0 Å². The summed E-state index contributed by atoms with van der Waals surface area (Å²) >= 11 is 12.1. The lowest BCUT2D eigenvalue weighted by Crippen LogP contribution is -2.14. The minimum Gasteiger partial charge on any atom is -0.478 e. The second-order valence-corrected chi connectivity index (χ2v) is 6.14. The first-order valence-electron chi connectivity index (χ1n) is 7.63. The number of carboxylic acid groups (broad SMARTS) is 1. The van der Waals surface area contributed by atoms with Crippen molar-refractivity contribution >= 4 is 52.5 Å². The Bertz CT molecular complexity index is 1010. The van der Waals surface area contributed by atoms with E-state index >= 15 is 0 Å². The zero-order valence-electron chi connectivity index (χ0n) is 13.6. The minimum absolute atomic E-state index is 0.123. The van der Waals surface area contributed by atoms with Crippen LogP contribution in [-0.2, 0) is 0 Å². The van der Waals surface area contributed by atoms with Gasteiger partial charge in [-0.1, -0.05) is 35.3 Å². The summed E-state index contributed by atoms with van der Waals surface area (Å²) in [6.07, 6.45) is 1.44. The quantitative estimate of drug-likeness (QED) is 0.581. The van der Waals surface area contributed by atoms with Gasteiger partial charge in [0, 0.05) is 11.9 Å². The number of hydrogen-bond donors (Lipinski definition) is 3. The molecule has 0 saturated carbocycles. The average molecular weight is 403 g/mol. The maximum absolute atomic E-state index is 12.4. The molecule has 2 aromatic carbocycles. The van der Waals surface area contributed by atoms with Crippen molar-refractivity contribution in [1.82, 2.24) is 9.97 Å². The summed E-state index contributed by atoms with van der Waals surface area (Å²) in [7, 11) is 0. The lowest BCUT2D eigenvalue weighted by atomic mass is 10.2. The van der Waals surface area contributed by atoms with Crippen LogP contribution in [-0.4, -0.2) is 27.0 Å². The van der Waals surface area contributed by atoms with Crippen molar-refractivity contribution in [2.45, 2.75) is 0 Å². The van der Waals surface area contributed by atoms with Crippen molar-refractivity contribution in [2.75, 3.05) is 10.6 Å². The number of aromatic nitrogens is 2. The van der Waals surface area contributed by atoms with Gasteiger partial charge in [0.25, 0.3) is 5.91 Å². The minimum atomic E-state index is -1.04. The topological polar surface area (TPSA) is 104 Å². The van der Waals surface area contributed by atoms with Crippen LogP contribution in [0.15, 0.2) is 54.7 Å². The Hall–Kier alpha value is -3.16. The van der Waals surface area contributed by atoms with Crippen LogP contribution < -0.4 is 10.6 Å². The van der Waals surface area contributed by atoms with Crippen LogP contribution in [0.25, 0.3) is 0 Å². The van der Waals surface area contributed by atoms with Gasteiger partial charge in [0.05, 0.1) is 21.2 Å². The normalized spacial score (nSPS) is 10.3. The summed E-state index contributed by atoms with van der Waals surface area (Å²) in [6, 6.07) is 12.4. The Balaban J connectivity index is 1.79. The van der Waals surface area contributed by atoms with Gasteiger partial charge in [-0.3, -0.25) is 4.79 Å². The number of nitrogens with one attached hydrogen (secondary N) is 2. The van der Waals surface area contributed by atoms with E-state index in [1.165, 1.54) is 24.4 Å². The van der Waals surface area contributed by atoms with Gasteiger partial charge in [-0.05, 0) is 36.4 Å². The van der Waals surface area contributed by atoms with Gasteiger partial charge in [-0.25, -0.2) is 9.78 Å². The van der Waals surface area contributed by atoms with Gasteiger partial charge in [-0.2, -0.15) is 4.98 Å². The predicted molar refractivity (Wildman–Crippen MR) is 103 cm³/mol. The van der Waals surface area contributed by atoms with Crippen molar-refractivity contribution in [3.05, 3.63) is 75.9 Å². The number of carboxylic acids is 1. The van der Waals surface area contributed by atoms with E-state index in [0.29, 0.717) is 5.69 Å². The second-order valence-electron chi connectivity index (χ2n) is 5.33. The fraction of sp³-hybridized carbons (Fsp3) is 0. The standard InChI is InChI=1S/C18H12Cl2N4O3/c19-12-5-2-6-13(20)15(12)16(25)23-14-7-8-21-18(24-14)22-11-4-1-3-10(9-11)17(26)27/h1-9H,(H,26,27)(H2,21,22,23,24,25). The molecular weight excluding hydrogens is 391 g/mol. The molecule has 0 bridgehead atoms. The lowest BCUT2D eigenvalue weighted by molar-refractivity contribution is 0.0696. The lowest BCUT2D eigenvalue weighted by Gasteiger charge is -2.09. The van der Waals surface area contributed by atoms with Crippen molar-refractivity contribution in [3.63, 3.8) is 0 Å². The van der Waals surface area contributed by atoms with E-state index in [1.807, 2.05) is 0 Å². The molecule has 1 aromatic heterocycles. The monoisotopic (exact) mass is 402 g/mol. The number of hydrogen-bond acceptors (Lipinski definition) is 5. The molecule has 3 rings (SSSR count). The molecule has 7 nitrogen and oxygen atoms in total. The second kappa shape index (κ2) is 8.03.